The van der Waals surface area contributed by atoms with Crippen molar-refractivity contribution in [3.63, 3.8) is 0 Å². The largest absolute Gasteiger partial charge is 0.497 e. The van der Waals surface area contributed by atoms with Crippen molar-refractivity contribution in [3.8, 4) is 11.5 Å². The Morgan fingerprint density at radius 3 is 2.20 bits per heavy atom. The molecule has 4 atom stereocenters. The third-order valence-electron chi connectivity index (χ3n) is 7.62. The third-order valence-corrected chi connectivity index (χ3v) is 7.62. The molecule has 13 nitrogen and oxygen atoms in total. The molecule has 0 aliphatic carbocycles. The maximum atomic E-state index is 14.0. The van der Waals surface area contributed by atoms with Crippen molar-refractivity contribution in [2.24, 2.45) is 11.8 Å². The number of fused-ring (bicyclic) bond motifs is 1. The van der Waals surface area contributed by atoms with Crippen LogP contribution in [0.3, 0.4) is 0 Å². The standard InChI is InChI=1S/C28H31N3O10/c1-27(2,3)30-23(32)20-21(24(30)33)28(26(35)36,13-14-7-9-15(10-8-14)31(37)38)29-22(20)17-11-16(39-4)12-18(40-5)19(17)25(34)41-6/h7-12,20-22,29H,13H2,1-6H3,(H,35,36). The number of nitrogens with zero attached hydrogens (tertiary/aromatic N) is 2. The van der Waals surface area contributed by atoms with E-state index in [1.807, 2.05) is 0 Å². The molecule has 2 saturated heterocycles. The van der Waals surface area contributed by atoms with Gasteiger partial charge in [0.1, 0.15) is 22.6 Å². The van der Waals surface area contributed by atoms with E-state index in [1.165, 1.54) is 57.7 Å². The second-order valence-electron chi connectivity index (χ2n) is 11.0. The molecule has 4 rings (SSSR count). The number of nitro benzene ring substituents is 1. The maximum absolute atomic E-state index is 14.0. The molecule has 2 aliphatic rings. The lowest BCUT2D eigenvalue weighted by Crippen LogP contribution is -2.58. The number of benzene rings is 2. The molecule has 0 radical (unpaired) electrons. The number of carbonyl (C=O) groups excluding carboxylic acids is 3. The minimum absolute atomic E-state index is 0.0574. The number of amides is 2. The van der Waals surface area contributed by atoms with Crippen molar-refractivity contribution < 1.29 is 43.4 Å². The van der Waals surface area contributed by atoms with Gasteiger partial charge in [-0.15, -0.1) is 0 Å². The van der Waals surface area contributed by atoms with E-state index in [1.54, 1.807) is 20.8 Å². The van der Waals surface area contributed by atoms with Gasteiger partial charge in [-0.25, -0.2) is 4.79 Å². The van der Waals surface area contributed by atoms with Crippen LogP contribution in [0, 0.1) is 22.0 Å². The zero-order valence-corrected chi connectivity index (χ0v) is 23.4. The van der Waals surface area contributed by atoms with Crippen LogP contribution in [0.4, 0.5) is 5.69 Å². The Morgan fingerprint density at radius 2 is 1.71 bits per heavy atom. The van der Waals surface area contributed by atoms with Crippen LogP contribution in [0.15, 0.2) is 36.4 Å². The normalized spacial score (nSPS) is 23.8. The molecule has 2 N–H and O–H groups in total. The number of hydrogen-bond donors (Lipinski definition) is 2. The molecule has 0 aromatic heterocycles. The second-order valence-corrected chi connectivity index (χ2v) is 11.0. The molecule has 41 heavy (non-hydrogen) atoms. The van der Waals surface area contributed by atoms with Crippen molar-refractivity contribution in [2.75, 3.05) is 21.3 Å². The summed E-state index contributed by atoms with van der Waals surface area (Å²) in [6.07, 6.45) is -0.288. The summed E-state index contributed by atoms with van der Waals surface area (Å²) in [6, 6.07) is 7.06. The second kappa shape index (κ2) is 10.5. The van der Waals surface area contributed by atoms with Crippen LogP contribution >= 0.6 is 0 Å². The zero-order chi connectivity index (χ0) is 30.4. The zero-order valence-electron chi connectivity index (χ0n) is 23.4. The third kappa shape index (κ3) is 4.75. The summed E-state index contributed by atoms with van der Waals surface area (Å²) in [4.78, 5) is 65.8. The maximum Gasteiger partial charge on any atom is 0.341 e. The number of nitro groups is 1. The van der Waals surface area contributed by atoms with E-state index >= 15 is 0 Å². The minimum Gasteiger partial charge on any atom is -0.497 e. The highest BCUT2D eigenvalue weighted by Gasteiger charge is 2.69. The highest BCUT2D eigenvalue weighted by atomic mass is 16.6. The predicted octanol–water partition coefficient (Wildman–Crippen LogP) is 2.51. The molecule has 13 heteroatoms. The lowest BCUT2D eigenvalue weighted by atomic mass is 9.76. The number of ether oxygens (including phenoxy) is 3. The van der Waals surface area contributed by atoms with Gasteiger partial charge in [-0.1, -0.05) is 12.1 Å². The molecule has 2 heterocycles. The molecular weight excluding hydrogens is 538 g/mol. The number of esters is 1. The van der Waals surface area contributed by atoms with Crippen LogP contribution in [0.25, 0.3) is 0 Å². The molecule has 2 fully saturated rings. The van der Waals surface area contributed by atoms with Crippen molar-refractivity contribution in [1.82, 2.24) is 10.2 Å². The van der Waals surface area contributed by atoms with Gasteiger partial charge in [0.05, 0.1) is 38.1 Å². The van der Waals surface area contributed by atoms with Gasteiger partial charge in [-0.2, -0.15) is 0 Å². The van der Waals surface area contributed by atoms with Gasteiger partial charge < -0.3 is 19.3 Å². The Kier molecular flexibility index (Phi) is 7.52. The number of imide groups is 1. The number of likely N-dealkylation sites (tertiary alicyclic amines) is 1. The van der Waals surface area contributed by atoms with Gasteiger partial charge >= 0.3 is 11.9 Å². The monoisotopic (exact) mass is 569 g/mol. The van der Waals surface area contributed by atoms with E-state index in [9.17, 15) is 34.4 Å². The number of aliphatic carboxylic acids is 1. The van der Waals surface area contributed by atoms with Crippen molar-refractivity contribution >= 4 is 29.4 Å². The van der Waals surface area contributed by atoms with Crippen molar-refractivity contribution in [3.05, 3.63) is 63.2 Å². The number of methoxy groups -OCH3 is 3. The van der Waals surface area contributed by atoms with Gasteiger partial charge in [0, 0.05) is 36.2 Å². The molecule has 4 unspecified atom stereocenters. The number of rotatable bonds is 8. The number of hydrogen-bond acceptors (Lipinski definition) is 10. The van der Waals surface area contributed by atoms with E-state index in [0.29, 0.717) is 5.56 Å². The molecule has 2 aliphatic heterocycles. The Morgan fingerprint density at radius 1 is 1.07 bits per heavy atom. The number of carboxylic acids is 1. The highest BCUT2D eigenvalue weighted by molar-refractivity contribution is 6.10. The molecule has 2 aromatic rings. The summed E-state index contributed by atoms with van der Waals surface area (Å²) in [5.41, 5.74) is -2.70. The lowest BCUT2D eigenvalue weighted by molar-refractivity contribution is -0.384. The van der Waals surface area contributed by atoms with Gasteiger partial charge in [-0.3, -0.25) is 34.7 Å². The van der Waals surface area contributed by atoms with E-state index in [0.717, 1.165) is 4.90 Å². The summed E-state index contributed by atoms with van der Waals surface area (Å²) < 4.78 is 15.8. The van der Waals surface area contributed by atoms with Gasteiger partial charge in [-0.05, 0) is 38.0 Å². The topological polar surface area (TPSA) is 175 Å². The van der Waals surface area contributed by atoms with Crippen LogP contribution < -0.4 is 14.8 Å². The summed E-state index contributed by atoms with van der Waals surface area (Å²) in [7, 11) is 3.89. The van der Waals surface area contributed by atoms with Crippen molar-refractivity contribution in [1.29, 1.82) is 0 Å². The molecule has 2 amide bonds. The molecular formula is C28H31N3O10. The van der Waals surface area contributed by atoms with Crippen molar-refractivity contribution in [2.45, 2.75) is 44.3 Å². The molecule has 2 aromatic carbocycles. The lowest BCUT2D eigenvalue weighted by Gasteiger charge is -2.35. The number of nitrogens with one attached hydrogen (secondary N) is 1. The fourth-order valence-corrected chi connectivity index (χ4v) is 5.88. The van der Waals surface area contributed by atoms with Gasteiger partial charge in [0.15, 0.2) is 0 Å². The van der Waals surface area contributed by atoms with Crippen LogP contribution in [0.5, 0.6) is 11.5 Å². The van der Waals surface area contributed by atoms with Gasteiger partial charge in [0.2, 0.25) is 11.8 Å². The van der Waals surface area contributed by atoms with Crippen LogP contribution in [-0.4, -0.2) is 71.1 Å². The Hall–Kier alpha value is -4.52. The van der Waals surface area contributed by atoms with E-state index in [-0.39, 0.29) is 34.7 Å². The van der Waals surface area contributed by atoms with Crippen LogP contribution in [-0.2, 0) is 25.5 Å². The van der Waals surface area contributed by atoms with E-state index < -0.39 is 57.6 Å². The minimum atomic E-state index is -2.03. The number of non-ortho nitro benzene ring substituents is 1. The molecule has 0 spiro atoms. The SMILES string of the molecule is COC(=O)c1c(OC)cc(OC)cc1C1NC(Cc2ccc([N+](=O)[O-])cc2)(C(=O)O)C2C(=O)N(C(C)(C)C)C(=O)C12. The van der Waals surface area contributed by atoms with Gasteiger partial charge in [0.25, 0.3) is 5.69 Å². The summed E-state index contributed by atoms with van der Waals surface area (Å²) in [6.45, 7) is 5.00. The average molecular weight is 570 g/mol. The fourth-order valence-electron chi connectivity index (χ4n) is 5.88. The Bertz CT molecular complexity index is 1430. The summed E-state index contributed by atoms with van der Waals surface area (Å²) >= 11 is 0. The Labute approximate surface area is 235 Å². The quantitative estimate of drug-likeness (QED) is 0.207. The first-order valence-corrected chi connectivity index (χ1v) is 12.7. The van der Waals surface area contributed by atoms with E-state index in [4.69, 9.17) is 14.2 Å². The number of carbonyl (C=O) groups is 4. The molecule has 218 valence electrons. The first-order valence-electron chi connectivity index (χ1n) is 12.7. The van der Waals surface area contributed by atoms with Crippen LogP contribution in [0.1, 0.15) is 48.3 Å². The molecule has 0 saturated carbocycles. The Balaban J connectivity index is 1.98. The fraction of sp³-hybridized carbons (Fsp3) is 0.429. The summed E-state index contributed by atoms with van der Waals surface area (Å²) in [5.74, 6) is -5.76. The average Bonchev–Trinajstić information content (AvgIpc) is 3.41. The summed E-state index contributed by atoms with van der Waals surface area (Å²) in [5, 5.41) is 24.9. The molecule has 0 bridgehead atoms. The number of carboxylic acid groups (broad SMARTS) is 1. The predicted molar refractivity (Wildman–Crippen MR) is 143 cm³/mol. The first kappa shape index (κ1) is 29.5. The van der Waals surface area contributed by atoms with E-state index in [2.05, 4.69) is 5.32 Å². The first-order chi connectivity index (χ1) is 19.2. The van der Waals surface area contributed by atoms with Crippen LogP contribution in [0.2, 0.25) is 0 Å². The smallest absolute Gasteiger partial charge is 0.341 e. The highest BCUT2D eigenvalue weighted by Crippen LogP contribution is 2.53.